The first-order valence-corrected chi connectivity index (χ1v) is 23.9. The number of anilines is 9. The van der Waals surface area contributed by atoms with Gasteiger partial charge in [-0.3, -0.25) is 0 Å². The van der Waals surface area contributed by atoms with E-state index in [2.05, 4.69) is 298 Å². The van der Waals surface area contributed by atoms with E-state index in [0.717, 1.165) is 62.3 Å². The van der Waals surface area contributed by atoms with Gasteiger partial charge in [-0.1, -0.05) is 180 Å². The molecule has 0 saturated heterocycles. The van der Waals surface area contributed by atoms with E-state index in [1.165, 1.54) is 22.3 Å². The SMILES string of the molecule is CC(C)(C)c1ccc(N(c2ccc(C(C)(C)C)cc2)c2cc(-c3ccc(N(c4ccccc4)c4ccccc4)cc3)cc(N(c3ccc(C(C)(C)C)cc3)c3ccc(C(C)(C)C)cc3)c2)cc1. The summed E-state index contributed by atoms with van der Waals surface area (Å²) in [4.78, 5) is 7.17. The largest absolute Gasteiger partial charge is 0.311 e. The first-order valence-electron chi connectivity index (χ1n) is 23.9. The minimum atomic E-state index is 0.0269. The highest BCUT2D eigenvalue weighted by atomic mass is 15.2. The van der Waals surface area contributed by atoms with Crippen molar-refractivity contribution >= 4 is 51.2 Å². The number of hydrogen-bond acceptors (Lipinski definition) is 3. The molecule has 340 valence electrons. The zero-order valence-corrected chi connectivity index (χ0v) is 41.9. The van der Waals surface area contributed by atoms with Crippen molar-refractivity contribution in [3.05, 3.63) is 222 Å². The van der Waals surface area contributed by atoms with Crippen LogP contribution in [0.25, 0.3) is 11.1 Å². The normalized spacial score (nSPS) is 12.2. The molecule has 0 radical (unpaired) electrons. The van der Waals surface area contributed by atoms with E-state index in [9.17, 15) is 0 Å². The maximum absolute atomic E-state index is 2.43. The Morgan fingerprint density at radius 2 is 0.433 bits per heavy atom. The minimum Gasteiger partial charge on any atom is -0.311 e. The molecule has 3 heteroatoms. The Morgan fingerprint density at radius 1 is 0.209 bits per heavy atom. The fraction of sp³-hybridized carbons (Fsp3) is 0.250. The van der Waals surface area contributed by atoms with Gasteiger partial charge in [-0.05, 0) is 158 Å². The summed E-state index contributed by atoms with van der Waals surface area (Å²) in [6.07, 6.45) is 0. The van der Waals surface area contributed by atoms with Crippen LogP contribution in [0.3, 0.4) is 0 Å². The molecule has 3 nitrogen and oxygen atoms in total. The van der Waals surface area contributed by atoms with E-state index in [0.29, 0.717) is 0 Å². The van der Waals surface area contributed by atoms with Gasteiger partial charge in [-0.15, -0.1) is 0 Å². The van der Waals surface area contributed by atoms with Gasteiger partial charge in [0.15, 0.2) is 0 Å². The van der Waals surface area contributed by atoms with Crippen molar-refractivity contribution in [3.8, 4) is 11.1 Å². The van der Waals surface area contributed by atoms with Crippen LogP contribution in [0.4, 0.5) is 51.2 Å². The first-order chi connectivity index (χ1) is 31.7. The van der Waals surface area contributed by atoms with Gasteiger partial charge in [0, 0.05) is 51.2 Å². The lowest BCUT2D eigenvalue weighted by Crippen LogP contribution is -2.16. The van der Waals surface area contributed by atoms with Gasteiger partial charge in [0.1, 0.15) is 0 Å². The molecule has 8 aromatic rings. The Bertz CT molecular complexity index is 2580. The molecule has 8 rings (SSSR count). The average molecular weight is 880 g/mol. The quantitative estimate of drug-likeness (QED) is 0.136. The summed E-state index contributed by atoms with van der Waals surface area (Å²) in [7, 11) is 0. The van der Waals surface area contributed by atoms with Crippen molar-refractivity contribution in [1.29, 1.82) is 0 Å². The van der Waals surface area contributed by atoms with Crippen molar-refractivity contribution in [2.24, 2.45) is 0 Å². The average Bonchev–Trinajstić information content (AvgIpc) is 3.30. The Labute approximate surface area is 402 Å². The van der Waals surface area contributed by atoms with Gasteiger partial charge in [-0.2, -0.15) is 0 Å². The van der Waals surface area contributed by atoms with Gasteiger partial charge < -0.3 is 14.7 Å². The maximum atomic E-state index is 2.43. The molecule has 8 aromatic carbocycles. The van der Waals surface area contributed by atoms with Crippen LogP contribution in [0.1, 0.15) is 105 Å². The number of para-hydroxylation sites is 2. The van der Waals surface area contributed by atoms with E-state index in [4.69, 9.17) is 0 Å². The molecule has 0 fully saturated rings. The van der Waals surface area contributed by atoms with Crippen molar-refractivity contribution in [1.82, 2.24) is 0 Å². The molecule has 0 saturated carbocycles. The number of benzene rings is 8. The van der Waals surface area contributed by atoms with E-state index in [-0.39, 0.29) is 21.7 Å². The molecule has 0 atom stereocenters. The second kappa shape index (κ2) is 18.4. The second-order valence-corrected chi connectivity index (χ2v) is 22.1. The molecular weight excluding hydrogens is 811 g/mol. The van der Waals surface area contributed by atoms with Crippen LogP contribution in [0.15, 0.2) is 200 Å². The third-order valence-corrected chi connectivity index (χ3v) is 12.9. The fourth-order valence-corrected chi connectivity index (χ4v) is 8.76. The molecule has 0 bridgehead atoms. The minimum absolute atomic E-state index is 0.0269. The third-order valence-electron chi connectivity index (χ3n) is 12.9. The summed E-state index contributed by atoms with van der Waals surface area (Å²) in [6, 6.07) is 74.0. The van der Waals surface area contributed by atoms with Crippen LogP contribution in [0.5, 0.6) is 0 Å². The summed E-state index contributed by atoms with van der Waals surface area (Å²) < 4.78 is 0. The summed E-state index contributed by atoms with van der Waals surface area (Å²) in [6.45, 7) is 27.4. The number of rotatable bonds is 10. The molecule has 0 aliphatic carbocycles. The van der Waals surface area contributed by atoms with Crippen molar-refractivity contribution in [2.75, 3.05) is 14.7 Å². The number of hydrogen-bond donors (Lipinski definition) is 0. The molecule has 0 unspecified atom stereocenters. The molecule has 67 heavy (non-hydrogen) atoms. The summed E-state index contributed by atoms with van der Waals surface area (Å²) >= 11 is 0. The van der Waals surface area contributed by atoms with Gasteiger partial charge >= 0.3 is 0 Å². The molecular formula is C64H69N3. The second-order valence-electron chi connectivity index (χ2n) is 22.1. The van der Waals surface area contributed by atoms with E-state index < -0.39 is 0 Å². The van der Waals surface area contributed by atoms with Gasteiger partial charge in [0.25, 0.3) is 0 Å². The zero-order chi connectivity index (χ0) is 47.7. The smallest absolute Gasteiger partial charge is 0.0488 e. The van der Waals surface area contributed by atoms with E-state index >= 15 is 0 Å². The fourth-order valence-electron chi connectivity index (χ4n) is 8.76. The van der Waals surface area contributed by atoms with Crippen molar-refractivity contribution < 1.29 is 0 Å². The zero-order valence-electron chi connectivity index (χ0n) is 41.9. The molecule has 0 N–H and O–H groups in total. The van der Waals surface area contributed by atoms with Crippen molar-refractivity contribution in [3.63, 3.8) is 0 Å². The van der Waals surface area contributed by atoms with Crippen molar-refractivity contribution in [2.45, 2.75) is 105 Å². The summed E-state index contributed by atoms with van der Waals surface area (Å²) in [5.74, 6) is 0. The third kappa shape index (κ3) is 10.6. The van der Waals surface area contributed by atoms with Crippen LogP contribution in [0.2, 0.25) is 0 Å². The first kappa shape index (κ1) is 46.7. The topological polar surface area (TPSA) is 9.72 Å². The molecule has 0 spiro atoms. The van der Waals surface area contributed by atoms with Gasteiger partial charge in [-0.25, -0.2) is 0 Å². The predicted octanol–water partition coefficient (Wildman–Crippen LogP) is 19.0. The Morgan fingerprint density at radius 3 is 0.687 bits per heavy atom. The lowest BCUT2D eigenvalue weighted by atomic mass is 9.86. The highest BCUT2D eigenvalue weighted by Gasteiger charge is 2.24. The van der Waals surface area contributed by atoms with E-state index in [1.54, 1.807) is 0 Å². The molecule has 0 heterocycles. The van der Waals surface area contributed by atoms with Crippen LogP contribution < -0.4 is 14.7 Å². The Hall–Kier alpha value is -6.84. The van der Waals surface area contributed by atoms with Gasteiger partial charge in [0.05, 0.1) is 0 Å². The van der Waals surface area contributed by atoms with Crippen LogP contribution in [-0.2, 0) is 21.7 Å². The lowest BCUT2D eigenvalue weighted by Gasteiger charge is -2.32. The predicted molar refractivity (Wildman–Crippen MR) is 291 cm³/mol. The monoisotopic (exact) mass is 880 g/mol. The highest BCUT2D eigenvalue weighted by Crippen LogP contribution is 2.45. The molecule has 0 amide bonds. The summed E-state index contributed by atoms with van der Waals surface area (Å²) in [5.41, 5.74) is 17.4. The van der Waals surface area contributed by atoms with Crippen LogP contribution >= 0.6 is 0 Å². The summed E-state index contributed by atoms with van der Waals surface area (Å²) in [5, 5.41) is 0. The Kier molecular flexibility index (Phi) is 12.9. The highest BCUT2D eigenvalue weighted by molar-refractivity contribution is 5.88. The van der Waals surface area contributed by atoms with E-state index in [1.807, 2.05) is 0 Å². The Balaban J connectivity index is 1.36. The van der Waals surface area contributed by atoms with Crippen LogP contribution in [-0.4, -0.2) is 0 Å². The molecule has 0 aliphatic heterocycles. The lowest BCUT2D eigenvalue weighted by molar-refractivity contribution is 0.590. The van der Waals surface area contributed by atoms with Crippen LogP contribution in [0, 0.1) is 0 Å². The number of nitrogens with zero attached hydrogens (tertiary/aromatic N) is 3. The standard InChI is InChI=1S/C64H69N3/c1-61(2,3)48-25-35-55(36-26-48)66(56-37-27-49(28-38-56)62(4,5)6)59-43-47(46-23-33-54(34-24-46)65(52-19-15-13-16-20-52)53-21-17-14-18-22-53)44-60(45-59)67(57-39-29-50(30-40-57)63(7,8)9)58-41-31-51(32-42-58)64(10,11)12/h13-45H,1-12H3. The maximum Gasteiger partial charge on any atom is 0.0488 e. The molecule has 0 aliphatic rings. The molecule has 0 aromatic heterocycles. The van der Waals surface area contributed by atoms with Gasteiger partial charge in [0.2, 0.25) is 0 Å².